The average Bonchev–Trinajstić information content (AvgIpc) is 2.47. The van der Waals surface area contributed by atoms with E-state index >= 15 is 0 Å². The Kier molecular flexibility index (Phi) is 4.64. The van der Waals surface area contributed by atoms with Gasteiger partial charge < -0.3 is 14.8 Å². The zero-order valence-electron chi connectivity index (χ0n) is 11.5. The third-order valence-electron chi connectivity index (χ3n) is 2.98. The predicted octanol–water partition coefficient (Wildman–Crippen LogP) is -0.101. The first-order valence-corrected chi connectivity index (χ1v) is 7.55. The van der Waals surface area contributed by atoms with E-state index in [2.05, 4.69) is 5.32 Å². The number of amides is 2. The summed E-state index contributed by atoms with van der Waals surface area (Å²) in [7, 11) is -3.60. The van der Waals surface area contributed by atoms with Gasteiger partial charge in [-0.05, 0) is 5.56 Å². The standard InChI is InChI=1S/C12H14N2O7S/c1-20-11-9(10(15)14(11)22(17,18)19)13-12(16)21-7-8-5-3-2-4-6-8/h2-6,9,11H,7H2,1H3,(H,13,16)(H,17,18,19)/t9-,11+/m1/s1. The maximum absolute atomic E-state index is 11.6. The molecule has 1 aliphatic heterocycles. The molecule has 0 bridgehead atoms. The number of ether oxygens (including phenoxy) is 2. The lowest BCUT2D eigenvalue weighted by Crippen LogP contribution is -2.72. The van der Waals surface area contributed by atoms with Crippen LogP contribution in [0, 0.1) is 0 Å². The summed E-state index contributed by atoms with van der Waals surface area (Å²) >= 11 is 0. The monoisotopic (exact) mass is 330 g/mol. The Morgan fingerprint density at radius 2 is 2.00 bits per heavy atom. The third-order valence-corrected chi connectivity index (χ3v) is 3.86. The van der Waals surface area contributed by atoms with E-state index in [1.807, 2.05) is 6.07 Å². The molecule has 2 atom stereocenters. The van der Waals surface area contributed by atoms with E-state index in [0.717, 1.165) is 12.7 Å². The first-order chi connectivity index (χ1) is 10.3. The summed E-state index contributed by atoms with van der Waals surface area (Å²) in [6, 6.07) is 7.62. The third kappa shape index (κ3) is 3.35. The summed E-state index contributed by atoms with van der Waals surface area (Å²) in [4.78, 5) is 23.2. The molecule has 2 amide bonds. The molecular weight excluding hydrogens is 316 g/mol. The lowest BCUT2D eigenvalue weighted by molar-refractivity contribution is -0.162. The van der Waals surface area contributed by atoms with Crippen molar-refractivity contribution in [2.24, 2.45) is 0 Å². The molecule has 120 valence electrons. The minimum atomic E-state index is -4.73. The van der Waals surface area contributed by atoms with Gasteiger partial charge >= 0.3 is 16.4 Å². The summed E-state index contributed by atoms with van der Waals surface area (Å²) < 4.78 is 40.6. The maximum atomic E-state index is 11.6. The maximum Gasteiger partial charge on any atom is 0.408 e. The smallest absolute Gasteiger partial charge is 0.408 e. The Balaban J connectivity index is 1.91. The average molecular weight is 330 g/mol. The van der Waals surface area contributed by atoms with E-state index in [0.29, 0.717) is 0 Å². The highest BCUT2D eigenvalue weighted by Gasteiger charge is 2.54. The van der Waals surface area contributed by atoms with Crippen LogP contribution < -0.4 is 5.32 Å². The highest BCUT2D eigenvalue weighted by molar-refractivity contribution is 7.84. The number of hydrogen-bond acceptors (Lipinski definition) is 6. The van der Waals surface area contributed by atoms with Crippen LogP contribution in [0.25, 0.3) is 0 Å². The second-order valence-corrected chi connectivity index (χ2v) is 5.71. The normalized spacial score (nSPS) is 21.2. The molecule has 0 unspecified atom stereocenters. The van der Waals surface area contributed by atoms with Crippen molar-refractivity contribution < 1.29 is 32.0 Å². The van der Waals surface area contributed by atoms with Gasteiger partial charge in [0.1, 0.15) is 6.61 Å². The van der Waals surface area contributed by atoms with E-state index in [-0.39, 0.29) is 10.9 Å². The second kappa shape index (κ2) is 6.30. The first-order valence-electron chi connectivity index (χ1n) is 6.15. The van der Waals surface area contributed by atoms with Crippen molar-refractivity contribution in [3.05, 3.63) is 35.9 Å². The highest BCUT2D eigenvalue weighted by atomic mass is 32.2. The Labute approximate surface area is 126 Å². The summed E-state index contributed by atoms with van der Waals surface area (Å²) in [5, 5.41) is 2.19. The molecule has 22 heavy (non-hydrogen) atoms. The SMILES string of the molecule is CO[C@H]1[C@H](NC(=O)OCc2ccccc2)C(=O)N1S(=O)(=O)O. The molecule has 1 aromatic rings. The molecule has 0 aliphatic carbocycles. The van der Waals surface area contributed by atoms with Crippen LogP contribution in [0.1, 0.15) is 5.56 Å². The largest absolute Gasteiger partial charge is 0.445 e. The van der Waals surface area contributed by atoms with Crippen LogP contribution in [0.2, 0.25) is 0 Å². The van der Waals surface area contributed by atoms with Crippen LogP contribution in [0.5, 0.6) is 0 Å². The summed E-state index contributed by atoms with van der Waals surface area (Å²) in [6.45, 7) is -0.00670. The van der Waals surface area contributed by atoms with Gasteiger partial charge in [0.05, 0.1) is 0 Å². The van der Waals surface area contributed by atoms with E-state index in [9.17, 15) is 18.0 Å². The van der Waals surface area contributed by atoms with Crippen LogP contribution in [0.3, 0.4) is 0 Å². The number of methoxy groups -OCH3 is 1. The van der Waals surface area contributed by atoms with Gasteiger partial charge in [-0.3, -0.25) is 9.35 Å². The van der Waals surface area contributed by atoms with Crippen molar-refractivity contribution >= 4 is 22.3 Å². The molecule has 1 heterocycles. The summed E-state index contributed by atoms with van der Waals surface area (Å²) in [5.74, 6) is -1.01. The zero-order valence-corrected chi connectivity index (χ0v) is 12.3. The van der Waals surface area contributed by atoms with E-state index in [4.69, 9.17) is 14.0 Å². The fraction of sp³-hybridized carbons (Fsp3) is 0.333. The van der Waals surface area contributed by atoms with Crippen LogP contribution in [0.4, 0.5) is 4.79 Å². The lowest BCUT2D eigenvalue weighted by atomic mass is 10.1. The van der Waals surface area contributed by atoms with Crippen molar-refractivity contribution in [2.75, 3.05) is 7.11 Å². The summed E-state index contributed by atoms with van der Waals surface area (Å²) in [5.41, 5.74) is 0.750. The molecule has 2 rings (SSSR count). The molecule has 1 aromatic carbocycles. The van der Waals surface area contributed by atoms with Crippen molar-refractivity contribution in [1.82, 2.24) is 9.62 Å². The van der Waals surface area contributed by atoms with Crippen molar-refractivity contribution in [2.45, 2.75) is 18.9 Å². The molecular formula is C12H14N2O7S. The minimum absolute atomic E-state index is 0.00670. The van der Waals surface area contributed by atoms with Crippen LogP contribution in [-0.4, -0.2) is 48.7 Å². The van der Waals surface area contributed by atoms with Gasteiger partial charge in [0.25, 0.3) is 5.91 Å². The van der Waals surface area contributed by atoms with Gasteiger partial charge in [0, 0.05) is 7.11 Å². The van der Waals surface area contributed by atoms with Gasteiger partial charge in [-0.2, -0.15) is 12.7 Å². The Morgan fingerprint density at radius 1 is 1.36 bits per heavy atom. The first kappa shape index (κ1) is 16.2. The molecule has 0 radical (unpaired) electrons. The number of rotatable bonds is 5. The Morgan fingerprint density at radius 3 is 2.55 bits per heavy atom. The number of hydrogen-bond donors (Lipinski definition) is 2. The lowest BCUT2D eigenvalue weighted by Gasteiger charge is -2.42. The Hall–Kier alpha value is -2.17. The molecule has 1 aliphatic rings. The fourth-order valence-corrected chi connectivity index (χ4v) is 2.75. The Bertz CT molecular complexity index is 661. The van der Waals surface area contributed by atoms with Gasteiger partial charge in [0.2, 0.25) is 0 Å². The number of β-lactam (4-membered cyclic amide) rings is 1. The molecule has 0 aromatic heterocycles. The number of carbonyl (C=O) groups is 2. The second-order valence-electron chi connectivity index (χ2n) is 4.42. The molecule has 2 N–H and O–H groups in total. The topological polar surface area (TPSA) is 122 Å². The molecule has 0 saturated carbocycles. The highest BCUT2D eigenvalue weighted by Crippen LogP contribution is 2.24. The van der Waals surface area contributed by atoms with E-state index in [1.54, 1.807) is 24.3 Å². The van der Waals surface area contributed by atoms with Crippen LogP contribution >= 0.6 is 0 Å². The van der Waals surface area contributed by atoms with Gasteiger partial charge in [-0.15, -0.1) is 0 Å². The number of alkyl carbamates (subject to hydrolysis) is 1. The summed E-state index contributed by atoms with van der Waals surface area (Å²) in [6.07, 6.45) is -2.22. The molecule has 9 nitrogen and oxygen atoms in total. The minimum Gasteiger partial charge on any atom is -0.445 e. The van der Waals surface area contributed by atoms with Gasteiger partial charge in [0.15, 0.2) is 12.3 Å². The van der Waals surface area contributed by atoms with E-state index in [1.165, 1.54) is 0 Å². The number of nitrogens with zero attached hydrogens (tertiary/aromatic N) is 1. The van der Waals surface area contributed by atoms with Gasteiger partial charge in [-0.25, -0.2) is 4.79 Å². The fourth-order valence-electron chi connectivity index (χ4n) is 1.94. The zero-order chi connectivity index (χ0) is 16.3. The number of nitrogens with one attached hydrogen (secondary N) is 1. The quantitative estimate of drug-likeness (QED) is 0.571. The molecule has 10 heteroatoms. The van der Waals surface area contributed by atoms with Gasteiger partial charge in [-0.1, -0.05) is 30.3 Å². The van der Waals surface area contributed by atoms with Crippen molar-refractivity contribution in [3.8, 4) is 0 Å². The predicted molar refractivity (Wildman–Crippen MR) is 72.7 cm³/mol. The van der Waals surface area contributed by atoms with Crippen molar-refractivity contribution in [3.63, 3.8) is 0 Å². The molecule has 1 saturated heterocycles. The van der Waals surface area contributed by atoms with Crippen LogP contribution in [0.15, 0.2) is 30.3 Å². The van der Waals surface area contributed by atoms with Crippen molar-refractivity contribution in [1.29, 1.82) is 0 Å². The number of carbonyl (C=O) groups excluding carboxylic acids is 2. The van der Waals surface area contributed by atoms with E-state index < -0.39 is 34.6 Å². The molecule has 0 spiro atoms. The molecule has 1 fully saturated rings. The van der Waals surface area contributed by atoms with Crippen LogP contribution in [-0.2, 0) is 31.2 Å². The number of benzene rings is 1.